The molecule has 16 heteroatoms. The Balaban J connectivity index is 1.20. The number of carbonyl (C=O) groups is 1. The third-order valence-electron chi connectivity index (χ3n) is 8.27. The lowest BCUT2D eigenvalue weighted by molar-refractivity contribution is -0.380. The summed E-state index contributed by atoms with van der Waals surface area (Å²) < 4.78 is 76.9. The van der Waals surface area contributed by atoms with Crippen molar-refractivity contribution < 1.29 is 70.6 Å². The number of carbonyl (C=O) groups excluding carboxylic acids is 1. The van der Waals surface area contributed by atoms with E-state index in [0.29, 0.717) is 5.56 Å². The van der Waals surface area contributed by atoms with Crippen LogP contribution in [0.15, 0.2) is 59.5 Å². The fraction of sp³-hybridized carbons (Fsp3) is 0.567. The van der Waals surface area contributed by atoms with Gasteiger partial charge in [-0.1, -0.05) is 48.0 Å². The topological polar surface area (TPSA) is 195 Å². The second kappa shape index (κ2) is 13.1. The first kappa shape index (κ1) is 33.3. The molecule has 0 aromatic heterocycles. The number of methoxy groups -OCH3 is 1. The molecule has 0 aliphatic carbocycles. The second-order valence-corrected chi connectivity index (χ2v) is 13.1. The van der Waals surface area contributed by atoms with Crippen molar-refractivity contribution in [3.63, 3.8) is 0 Å². The molecule has 15 nitrogen and oxygen atoms in total. The largest absolute Gasteiger partial charge is 0.465 e. The maximum atomic E-state index is 13.0. The van der Waals surface area contributed by atoms with Crippen LogP contribution in [-0.4, -0.2) is 117 Å². The van der Waals surface area contributed by atoms with E-state index in [1.54, 1.807) is 31.2 Å². The molecule has 46 heavy (non-hydrogen) atoms. The van der Waals surface area contributed by atoms with E-state index in [1.165, 1.54) is 19.1 Å². The van der Waals surface area contributed by atoms with Gasteiger partial charge in [0.1, 0.15) is 48.8 Å². The molecule has 6 rings (SSSR count). The lowest BCUT2D eigenvalue weighted by Crippen LogP contribution is -2.65. The van der Waals surface area contributed by atoms with Crippen LogP contribution in [-0.2, 0) is 57.0 Å². The molecule has 4 saturated heterocycles. The minimum absolute atomic E-state index is 0.0297. The van der Waals surface area contributed by atoms with Gasteiger partial charge in [-0.3, -0.25) is 4.18 Å². The van der Waals surface area contributed by atoms with E-state index < -0.39 is 96.2 Å². The van der Waals surface area contributed by atoms with Gasteiger partial charge in [-0.2, -0.15) is 8.42 Å². The van der Waals surface area contributed by atoms with E-state index in [9.17, 15) is 28.5 Å². The van der Waals surface area contributed by atoms with Crippen molar-refractivity contribution in [1.82, 2.24) is 0 Å². The number of rotatable bonds is 8. The summed E-state index contributed by atoms with van der Waals surface area (Å²) in [4.78, 5) is 12.3. The minimum atomic E-state index is -4.29. The lowest BCUT2D eigenvalue weighted by Gasteiger charge is -2.48. The quantitative estimate of drug-likeness (QED) is 0.252. The zero-order chi connectivity index (χ0) is 32.8. The Kier molecular flexibility index (Phi) is 9.52. The van der Waals surface area contributed by atoms with Crippen molar-refractivity contribution in [2.45, 2.75) is 92.2 Å². The Labute approximate surface area is 264 Å². The van der Waals surface area contributed by atoms with Gasteiger partial charge in [0.15, 0.2) is 18.9 Å². The van der Waals surface area contributed by atoms with E-state index >= 15 is 0 Å². The highest BCUT2D eigenvalue weighted by molar-refractivity contribution is 7.86. The van der Waals surface area contributed by atoms with E-state index in [1.807, 2.05) is 18.2 Å². The van der Waals surface area contributed by atoms with Crippen LogP contribution < -0.4 is 0 Å². The Morgan fingerprint density at radius 2 is 1.65 bits per heavy atom. The molecule has 2 aromatic rings. The van der Waals surface area contributed by atoms with Crippen molar-refractivity contribution in [2.24, 2.45) is 0 Å². The number of fused-ring (bicyclic) bond motifs is 2. The fourth-order valence-corrected chi connectivity index (χ4v) is 6.68. The standard InChI is InChI=1S/C30H36O15S/c1-15-9-11-17(12-10-15)46(35,36)39-14-19-24(22(33)25-28(41-19)45-30(2,44-25)29(34)37-3)43-27-21(32)20(31)23-18(40-27)13-38-26(42-23)16-7-5-4-6-8-16/h4-12,18-28,31-33H,13-14H2,1-3H3. The molecule has 252 valence electrons. The Morgan fingerprint density at radius 1 is 0.935 bits per heavy atom. The van der Waals surface area contributed by atoms with Gasteiger partial charge in [0.25, 0.3) is 15.9 Å². The molecule has 4 aliphatic heterocycles. The third kappa shape index (κ3) is 6.45. The van der Waals surface area contributed by atoms with Crippen LogP contribution in [0.4, 0.5) is 0 Å². The van der Waals surface area contributed by atoms with Crippen molar-refractivity contribution >= 4 is 16.1 Å². The summed E-state index contributed by atoms with van der Waals surface area (Å²) in [5, 5.41) is 33.5. The number of ether oxygens (including phenoxy) is 8. The maximum absolute atomic E-state index is 13.0. The molecule has 0 spiro atoms. The van der Waals surface area contributed by atoms with E-state index in [-0.39, 0.29) is 11.5 Å². The Hall–Kier alpha value is -2.58. The van der Waals surface area contributed by atoms with Crippen LogP contribution in [0.3, 0.4) is 0 Å². The smallest absolute Gasteiger partial charge is 0.366 e. The minimum Gasteiger partial charge on any atom is -0.465 e. The van der Waals surface area contributed by atoms with Crippen molar-refractivity contribution in [1.29, 1.82) is 0 Å². The number of aliphatic hydroxyl groups is 3. The van der Waals surface area contributed by atoms with Crippen LogP contribution in [0.5, 0.6) is 0 Å². The van der Waals surface area contributed by atoms with Gasteiger partial charge in [-0.05, 0) is 19.1 Å². The van der Waals surface area contributed by atoms with Gasteiger partial charge in [0.2, 0.25) is 0 Å². The summed E-state index contributed by atoms with van der Waals surface area (Å²) in [6, 6.07) is 15.0. The van der Waals surface area contributed by atoms with Crippen LogP contribution in [0.25, 0.3) is 0 Å². The molecule has 0 radical (unpaired) electrons. The summed E-state index contributed by atoms with van der Waals surface area (Å²) in [7, 11) is -3.17. The van der Waals surface area contributed by atoms with Gasteiger partial charge < -0.3 is 53.2 Å². The van der Waals surface area contributed by atoms with Gasteiger partial charge in [0.05, 0.1) is 25.2 Å². The van der Waals surface area contributed by atoms with E-state index in [2.05, 4.69) is 0 Å². The number of hydrogen-bond acceptors (Lipinski definition) is 15. The van der Waals surface area contributed by atoms with Crippen molar-refractivity contribution in [3.05, 3.63) is 65.7 Å². The highest BCUT2D eigenvalue weighted by Crippen LogP contribution is 2.40. The third-order valence-corrected chi connectivity index (χ3v) is 9.56. The normalized spacial score (nSPS) is 39.3. The summed E-state index contributed by atoms with van der Waals surface area (Å²) in [6.45, 7) is 2.36. The highest BCUT2D eigenvalue weighted by Gasteiger charge is 2.60. The average Bonchev–Trinajstić information content (AvgIpc) is 3.41. The van der Waals surface area contributed by atoms with Crippen LogP contribution in [0.2, 0.25) is 0 Å². The second-order valence-electron chi connectivity index (χ2n) is 11.5. The van der Waals surface area contributed by atoms with Crippen molar-refractivity contribution in [3.8, 4) is 0 Å². The monoisotopic (exact) mass is 668 g/mol. The SMILES string of the molecule is COC(=O)C1(C)OC2OC(COS(=O)(=O)c3ccc(C)cc3)C(OC3OC4COC(c5ccccc5)OC4C(O)C3O)C(O)C2O1. The van der Waals surface area contributed by atoms with Crippen LogP contribution in [0, 0.1) is 6.92 Å². The van der Waals surface area contributed by atoms with Crippen LogP contribution >= 0.6 is 0 Å². The molecule has 0 bridgehead atoms. The Bertz CT molecular complexity index is 1470. The average molecular weight is 669 g/mol. The molecule has 2 aromatic carbocycles. The molecule has 12 atom stereocenters. The summed E-state index contributed by atoms with van der Waals surface area (Å²) in [6.07, 6.45) is -14.6. The zero-order valence-corrected chi connectivity index (χ0v) is 25.9. The predicted molar refractivity (Wildman–Crippen MR) is 151 cm³/mol. The zero-order valence-electron chi connectivity index (χ0n) is 25.1. The molecular weight excluding hydrogens is 632 g/mol. The molecule has 4 aliphatic rings. The van der Waals surface area contributed by atoms with E-state index in [4.69, 9.17) is 42.1 Å². The molecule has 4 heterocycles. The first-order valence-corrected chi connectivity index (χ1v) is 16.0. The first-order chi connectivity index (χ1) is 21.9. The van der Waals surface area contributed by atoms with Crippen LogP contribution in [0.1, 0.15) is 24.3 Å². The first-order valence-electron chi connectivity index (χ1n) is 14.6. The lowest BCUT2D eigenvalue weighted by atomic mass is 9.96. The number of aliphatic hydroxyl groups excluding tert-OH is 3. The molecule has 0 amide bonds. The van der Waals surface area contributed by atoms with Gasteiger partial charge in [0, 0.05) is 12.5 Å². The fourth-order valence-electron chi connectivity index (χ4n) is 5.76. The van der Waals surface area contributed by atoms with Crippen molar-refractivity contribution in [2.75, 3.05) is 20.3 Å². The van der Waals surface area contributed by atoms with Gasteiger partial charge >= 0.3 is 5.97 Å². The number of hydrogen-bond donors (Lipinski definition) is 3. The maximum Gasteiger partial charge on any atom is 0.366 e. The summed E-state index contributed by atoms with van der Waals surface area (Å²) in [5.74, 6) is -2.87. The number of benzene rings is 2. The molecule has 4 fully saturated rings. The molecule has 3 N–H and O–H groups in total. The molecular formula is C30H36O15S. The van der Waals surface area contributed by atoms with Gasteiger partial charge in [-0.15, -0.1) is 0 Å². The van der Waals surface area contributed by atoms with E-state index in [0.717, 1.165) is 12.7 Å². The summed E-state index contributed by atoms with van der Waals surface area (Å²) >= 11 is 0. The molecule has 0 saturated carbocycles. The molecule has 12 unspecified atom stereocenters. The number of esters is 1. The summed E-state index contributed by atoms with van der Waals surface area (Å²) in [5.41, 5.74) is 1.54. The highest BCUT2D eigenvalue weighted by atomic mass is 32.2. The number of aryl methyl sites for hydroxylation is 1. The van der Waals surface area contributed by atoms with Gasteiger partial charge in [-0.25, -0.2) is 4.79 Å². The Morgan fingerprint density at radius 3 is 2.35 bits per heavy atom. The predicted octanol–water partition coefficient (Wildman–Crippen LogP) is 0.0368.